The Morgan fingerprint density at radius 3 is 2.63 bits per heavy atom. The van der Waals surface area contributed by atoms with Gasteiger partial charge in [-0.25, -0.2) is 4.85 Å². The molecular formula is C23H20N2O2. The van der Waals surface area contributed by atoms with Crippen molar-refractivity contribution >= 4 is 11.6 Å². The summed E-state index contributed by atoms with van der Waals surface area (Å²) in [5, 5.41) is 9.35. The standard InChI is InChI=1S/C23H20N2O2/c1-6-7-9-23-10-8-18-21(2,3)20(27)16(25-5)13-22(18,4)19(23)11-17(26)15(12-23)14-24/h6,11-13,18H,1,8,10H2,2-4H3. The van der Waals surface area contributed by atoms with Gasteiger partial charge in [-0.05, 0) is 42.6 Å². The fourth-order valence-corrected chi connectivity index (χ4v) is 5.08. The van der Waals surface area contributed by atoms with Crippen molar-refractivity contribution in [3.05, 3.63) is 59.1 Å². The molecule has 0 N–H and O–H groups in total. The molecule has 0 bridgehead atoms. The maximum absolute atomic E-state index is 12.8. The fourth-order valence-electron chi connectivity index (χ4n) is 5.08. The van der Waals surface area contributed by atoms with Gasteiger partial charge in [0.2, 0.25) is 5.70 Å². The molecule has 1 saturated carbocycles. The number of hydrogen-bond acceptors (Lipinski definition) is 3. The Balaban J connectivity index is 2.33. The molecular weight excluding hydrogens is 336 g/mol. The summed E-state index contributed by atoms with van der Waals surface area (Å²) in [6.07, 6.45) is 7.68. The summed E-state index contributed by atoms with van der Waals surface area (Å²) < 4.78 is 0. The summed E-state index contributed by atoms with van der Waals surface area (Å²) in [5.74, 6) is 5.53. The molecule has 0 aromatic heterocycles. The minimum absolute atomic E-state index is 0.0576. The molecule has 0 heterocycles. The van der Waals surface area contributed by atoms with E-state index in [1.807, 2.05) is 26.8 Å². The first-order valence-electron chi connectivity index (χ1n) is 8.85. The van der Waals surface area contributed by atoms with Crippen LogP contribution >= 0.6 is 0 Å². The van der Waals surface area contributed by atoms with Gasteiger partial charge in [0.1, 0.15) is 6.07 Å². The van der Waals surface area contributed by atoms with E-state index in [0.717, 1.165) is 5.57 Å². The van der Waals surface area contributed by atoms with Crippen LogP contribution in [0.2, 0.25) is 0 Å². The molecule has 3 aliphatic carbocycles. The number of carbonyl (C=O) groups is 2. The first kappa shape index (κ1) is 18.6. The average molecular weight is 356 g/mol. The van der Waals surface area contributed by atoms with Gasteiger partial charge in [0.15, 0.2) is 11.6 Å². The lowest BCUT2D eigenvalue weighted by Gasteiger charge is -2.56. The summed E-state index contributed by atoms with van der Waals surface area (Å²) >= 11 is 0. The van der Waals surface area contributed by atoms with Crippen LogP contribution in [0.4, 0.5) is 0 Å². The molecule has 3 rings (SSSR count). The van der Waals surface area contributed by atoms with Crippen LogP contribution < -0.4 is 0 Å². The first-order valence-corrected chi connectivity index (χ1v) is 8.85. The van der Waals surface area contributed by atoms with Crippen molar-refractivity contribution in [3.8, 4) is 17.9 Å². The molecule has 134 valence electrons. The van der Waals surface area contributed by atoms with Gasteiger partial charge in [0.25, 0.3) is 0 Å². The Hall–Kier alpha value is -3.16. The van der Waals surface area contributed by atoms with E-state index in [1.165, 1.54) is 12.2 Å². The molecule has 27 heavy (non-hydrogen) atoms. The minimum atomic E-state index is -0.765. The number of allylic oxidation sites excluding steroid dienone is 7. The van der Waals surface area contributed by atoms with Crippen LogP contribution in [0.3, 0.4) is 0 Å². The van der Waals surface area contributed by atoms with Crippen LogP contribution in [-0.2, 0) is 9.59 Å². The van der Waals surface area contributed by atoms with E-state index in [-0.39, 0.29) is 28.8 Å². The van der Waals surface area contributed by atoms with Crippen molar-refractivity contribution in [2.75, 3.05) is 0 Å². The monoisotopic (exact) mass is 356 g/mol. The zero-order valence-corrected chi connectivity index (χ0v) is 15.7. The van der Waals surface area contributed by atoms with Crippen LogP contribution in [0.25, 0.3) is 4.85 Å². The normalized spacial score (nSPS) is 33.5. The summed E-state index contributed by atoms with van der Waals surface area (Å²) in [4.78, 5) is 28.8. The van der Waals surface area contributed by atoms with Crippen molar-refractivity contribution in [1.29, 1.82) is 5.26 Å². The Morgan fingerprint density at radius 2 is 2.04 bits per heavy atom. The Morgan fingerprint density at radius 1 is 1.33 bits per heavy atom. The van der Waals surface area contributed by atoms with Crippen molar-refractivity contribution in [2.24, 2.45) is 22.2 Å². The van der Waals surface area contributed by atoms with Gasteiger partial charge in [0.05, 0.1) is 17.6 Å². The summed E-state index contributed by atoms with van der Waals surface area (Å²) in [5.41, 5.74) is -1.19. The van der Waals surface area contributed by atoms with Crippen LogP contribution in [0.15, 0.2) is 47.7 Å². The molecule has 0 aromatic rings. The number of nitriles is 1. The van der Waals surface area contributed by atoms with Crippen LogP contribution in [0.1, 0.15) is 33.6 Å². The average Bonchev–Trinajstić information content (AvgIpc) is 2.63. The second-order valence-corrected chi connectivity index (χ2v) is 8.10. The number of Topliss-reactive ketones (excluding diaryl/α,β-unsaturated/α-hetero) is 1. The lowest BCUT2D eigenvalue weighted by Crippen LogP contribution is -2.53. The maximum atomic E-state index is 12.8. The predicted octanol–water partition coefficient (Wildman–Crippen LogP) is 3.95. The molecule has 3 atom stereocenters. The number of carbonyl (C=O) groups excluding carboxylic acids is 2. The molecule has 0 spiro atoms. The van der Waals surface area contributed by atoms with E-state index < -0.39 is 16.2 Å². The van der Waals surface area contributed by atoms with Gasteiger partial charge < -0.3 is 4.79 Å². The second-order valence-electron chi connectivity index (χ2n) is 8.10. The van der Waals surface area contributed by atoms with Crippen molar-refractivity contribution in [1.82, 2.24) is 0 Å². The lowest BCUT2D eigenvalue weighted by atomic mass is 9.46. The highest BCUT2D eigenvalue weighted by Crippen LogP contribution is 2.63. The predicted molar refractivity (Wildman–Crippen MR) is 101 cm³/mol. The highest BCUT2D eigenvalue weighted by molar-refractivity contribution is 6.09. The molecule has 0 aliphatic heterocycles. The van der Waals surface area contributed by atoms with E-state index in [9.17, 15) is 14.9 Å². The van der Waals surface area contributed by atoms with E-state index in [4.69, 9.17) is 6.57 Å². The Kier molecular flexibility index (Phi) is 4.09. The molecule has 0 saturated heterocycles. The molecule has 3 aliphatic rings. The number of ketones is 2. The lowest BCUT2D eigenvalue weighted by molar-refractivity contribution is -0.130. The molecule has 0 radical (unpaired) electrons. The number of hydrogen-bond donors (Lipinski definition) is 0. The summed E-state index contributed by atoms with van der Waals surface area (Å²) in [7, 11) is 0. The highest BCUT2D eigenvalue weighted by Gasteiger charge is 2.59. The molecule has 0 amide bonds. The first-order chi connectivity index (χ1) is 12.7. The van der Waals surface area contributed by atoms with Crippen molar-refractivity contribution < 1.29 is 9.59 Å². The topological polar surface area (TPSA) is 62.3 Å². The SMILES string of the molecule is [C-]#[N+]C1=CC2(C)C3=CC(=O)C(C#N)=CC3(C#CC=C)CCC2C(C)(C)C1=O. The molecule has 4 nitrogen and oxygen atoms in total. The van der Waals surface area contributed by atoms with Gasteiger partial charge in [0, 0.05) is 10.8 Å². The maximum Gasteiger partial charge on any atom is 0.226 e. The third-order valence-corrected chi connectivity index (χ3v) is 6.31. The van der Waals surface area contributed by atoms with Crippen molar-refractivity contribution in [3.63, 3.8) is 0 Å². The quantitative estimate of drug-likeness (QED) is 0.488. The number of rotatable bonds is 0. The Labute approximate surface area is 159 Å². The van der Waals surface area contributed by atoms with Gasteiger partial charge in [-0.15, -0.1) is 0 Å². The minimum Gasteiger partial charge on any atom is -0.307 e. The molecule has 1 fully saturated rings. The van der Waals surface area contributed by atoms with Crippen LogP contribution in [0.5, 0.6) is 0 Å². The van der Waals surface area contributed by atoms with Crippen LogP contribution in [0, 0.1) is 51.9 Å². The highest BCUT2D eigenvalue weighted by atomic mass is 16.1. The van der Waals surface area contributed by atoms with E-state index in [2.05, 4.69) is 23.3 Å². The van der Waals surface area contributed by atoms with E-state index in [1.54, 1.807) is 12.2 Å². The van der Waals surface area contributed by atoms with Gasteiger partial charge in [-0.3, -0.25) is 4.79 Å². The van der Waals surface area contributed by atoms with Gasteiger partial charge >= 0.3 is 0 Å². The van der Waals surface area contributed by atoms with E-state index in [0.29, 0.717) is 12.8 Å². The van der Waals surface area contributed by atoms with Gasteiger partial charge in [-0.1, -0.05) is 45.3 Å². The largest absolute Gasteiger partial charge is 0.307 e. The third kappa shape index (κ3) is 2.43. The zero-order valence-electron chi connectivity index (χ0n) is 15.7. The van der Waals surface area contributed by atoms with Gasteiger partial charge in [-0.2, -0.15) is 5.26 Å². The molecule has 4 heteroatoms. The Bertz CT molecular complexity index is 1010. The second kappa shape index (κ2) is 5.94. The smallest absolute Gasteiger partial charge is 0.226 e. The van der Waals surface area contributed by atoms with Crippen molar-refractivity contribution in [2.45, 2.75) is 33.6 Å². The van der Waals surface area contributed by atoms with E-state index >= 15 is 0 Å². The fraction of sp³-hybridized carbons (Fsp3) is 0.391. The summed E-state index contributed by atoms with van der Waals surface area (Å²) in [6, 6.07) is 1.97. The molecule has 3 unspecified atom stereocenters. The zero-order chi connectivity index (χ0) is 20.0. The van der Waals surface area contributed by atoms with Crippen LogP contribution in [-0.4, -0.2) is 11.6 Å². The molecule has 0 aromatic carbocycles. The third-order valence-electron chi connectivity index (χ3n) is 6.31. The number of fused-ring (bicyclic) bond motifs is 3. The number of nitrogens with zero attached hydrogens (tertiary/aromatic N) is 2. The summed E-state index contributed by atoms with van der Waals surface area (Å²) in [6.45, 7) is 16.8.